The molecule has 0 unspecified atom stereocenters. The highest BCUT2D eigenvalue weighted by Gasteiger charge is 2.25. The molecule has 3 N–H and O–H groups in total. The van der Waals surface area contributed by atoms with Crippen LogP contribution in [0.15, 0.2) is 0 Å². The van der Waals surface area contributed by atoms with E-state index in [1.54, 1.807) is 0 Å². The van der Waals surface area contributed by atoms with E-state index < -0.39 is 8.56 Å². The van der Waals surface area contributed by atoms with Gasteiger partial charge in [-0.3, -0.25) is 0 Å². The molecule has 3 nitrogen and oxygen atoms in total. The van der Waals surface area contributed by atoms with Crippen LogP contribution in [0.2, 0.25) is 6.04 Å². The molecule has 4 heteroatoms. The van der Waals surface area contributed by atoms with Crippen LogP contribution < -0.4 is 14.9 Å². The first-order chi connectivity index (χ1) is 4.24. The van der Waals surface area contributed by atoms with Crippen LogP contribution >= 0.6 is 0 Å². The Balaban J connectivity index is 3.82. The fourth-order valence-corrected chi connectivity index (χ4v) is 2.72. The Bertz CT molecular complexity index is 55.1. The van der Waals surface area contributed by atoms with Crippen LogP contribution in [0.5, 0.6) is 0 Å². The van der Waals surface area contributed by atoms with Gasteiger partial charge in [-0.25, -0.2) is 0 Å². The highest BCUT2D eigenvalue weighted by atomic mass is 28.4. The maximum atomic E-state index is 3.28. The number of nitrogens with one attached hydrogen (secondary N) is 3. The molecule has 0 fully saturated rings. The van der Waals surface area contributed by atoms with Crippen molar-refractivity contribution < 1.29 is 0 Å². The summed E-state index contributed by atoms with van der Waals surface area (Å²) in [6, 6.07) is 1.15. The van der Waals surface area contributed by atoms with Crippen LogP contribution in [-0.2, 0) is 0 Å². The summed E-state index contributed by atoms with van der Waals surface area (Å²) < 4.78 is 0. The zero-order valence-electron chi connectivity index (χ0n) is 6.71. The van der Waals surface area contributed by atoms with E-state index in [0.717, 1.165) is 6.04 Å². The topological polar surface area (TPSA) is 36.1 Å². The van der Waals surface area contributed by atoms with E-state index in [1.165, 1.54) is 0 Å². The molecule has 56 valence electrons. The van der Waals surface area contributed by atoms with Crippen molar-refractivity contribution in [3.63, 3.8) is 0 Å². The van der Waals surface area contributed by atoms with E-state index >= 15 is 0 Å². The van der Waals surface area contributed by atoms with Gasteiger partial charge in [0.15, 0.2) is 0 Å². The van der Waals surface area contributed by atoms with E-state index in [-0.39, 0.29) is 0 Å². The molecule has 0 atom stereocenters. The Morgan fingerprint density at radius 2 is 1.33 bits per heavy atom. The first-order valence-corrected chi connectivity index (χ1v) is 5.52. The predicted octanol–water partition coefficient (Wildman–Crippen LogP) is -0.397. The van der Waals surface area contributed by atoms with Gasteiger partial charge in [-0.1, -0.05) is 6.92 Å². The van der Waals surface area contributed by atoms with Crippen LogP contribution in [0.1, 0.15) is 6.92 Å². The van der Waals surface area contributed by atoms with Gasteiger partial charge in [0.05, 0.1) is 0 Å². The average Bonchev–Trinajstić information content (AvgIpc) is 1.95. The molecule has 0 rings (SSSR count). The summed E-state index contributed by atoms with van der Waals surface area (Å²) in [5.74, 6) is 0. The van der Waals surface area contributed by atoms with E-state index in [0.29, 0.717) is 0 Å². The molecule has 0 aromatic carbocycles. The molecule has 0 aliphatic rings. The van der Waals surface area contributed by atoms with Crippen molar-refractivity contribution in [1.29, 1.82) is 0 Å². The molecule has 0 aliphatic carbocycles. The molecule has 0 radical (unpaired) electrons. The second kappa shape index (κ2) is 4.00. The minimum Gasteiger partial charge on any atom is -0.316 e. The van der Waals surface area contributed by atoms with E-state index in [1.807, 2.05) is 21.1 Å². The molecule has 0 saturated carbocycles. The van der Waals surface area contributed by atoms with Gasteiger partial charge >= 0.3 is 0 Å². The molecule has 0 bridgehead atoms. The normalized spacial score (nSPS) is 12.0. The maximum absolute atomic E-state index is 3.28. The zero-order valence-corrected chi connectivity index (χ0v) is 7.71. The van der Waals surface area contributed by atoms with Crippen molar-refractivity contribution in [2.24, 2.45) is 0 Å². The van der Waals surface area contributed by atoms with Gasteiger partial charge in [-0.2, -0.15) is 0 Å². The SMILES string of the molecule is CC[Si](NC)(NC)NC. The lowest BCUT2D eigenvalue weighted by atomic mass is 11.0. The first-order valence-electron chi connectivity index (χ1n) is 3.31. The molecule has 0 amide bonds. The first kappa shape index (κ1) is 9.10. The minimum absolute atomic E-state index is 1.15. The van der Waals surface area contributed by atoms with Gasteiger partial charge in [-0.05, 0) is 27.2 Å². The predicted molar refractivity (Wildman–Crippen MR) is 43.4 cm³/mol. The van der Waals surface area contributed by atoms with Gasteiger partial charge in [0.25, 0.3) is 8.56 Å². The summed E-state index contributed by atoms with van der Waals surface area (Å²) >= 11 is 0. The fourth-order valence-electron chi connectivity index (χ4n) is 0.905. The van der Waals surface area contributed by atoms with Crippen LogP contribution in [0, 0.1) is 0 Å². The molecule has 0 saturated heterocycles. The standard InChI is InChI=1S/C5H17N3Si/c1-5-9(6-2,7-3)8-4/h6-8H,5H2,1-4H3. The van der Waals surface area contributed by atoms with Gasteiger partial charge in [0.1, 0.15) is 0 Å². The molecule has 0 aromatic heterocycles. The van der Waals surface area contributed by atoms with Crippen molar-refractivity contribution >= 4 is 8.56 Å². The number of rotatable bonds is 4. The monoisotopic (exact) mass is 147 g/mol. The molecule has 0 heterocycles. The lowest BCUT2D eigenvalue weighted by Crippen LogP contribution is -2.68. The third-order valence-electron chi connectivity index (χ3n) is 1.81. The van der Waals surface area contributed by atoms with Gasteiger partial charge in [0, 0.05) is 0 Å². The highest BCUT2D eigenvalue weighted by molar-refractivity contribution is 6.72. The van der Waals surface area contributed by atoms with Crippen LogP contribution in [-0.4, -0.2) is 29.7 Å². The van der Waals surface area contributed by atoms with Gasteiger partial charge in [0.2, 0.25) is 0 Å². The van der Waals surface area contributed by atoms with Crippen molar-refractivity contribution in [3.8, 4) is 0 Å². The van der Waals surface area contributed by atoms with Crippen LogP contribution in [0.25, 0.3) is 0 Å². The molecular formula is C5H17N3Si. The average molecular weight is 147 g/mol. The highest BCUT2D eigenvalue weighted by Crippen LogP contribution is 1.91. The van der Waals surface area contributed by atoms with E-state index in [2.05, 4.69) is 21.9 Å². The Morgan fingerprint density at radius 3 is 1.33 bits per heavy atom. The summed E-state index contributed by atoms with van der Waals surface area (Å²) in [6.07, 6.45) is 0. The summed E-state index contributed by atoms with van der Waals surface area (Å²) in [6.45, 7) is 2.18. The molecule has 0 aliphatic heterocycles. The summed E-state index contributed by atoms with van der Waals surface area (Å²) in [7, 11) is 4.53. The van der Waals surface area contributed by atoms with Crippen molar-refractivity contribution in [2.75, 3.05) is 21.1 Å². The van der Waals surface area contributed by atoms with Crippen molar-refractivity contribution in [3.05, 3.63) is 0 Å². The Kier molecular flexibility index (Phi) is 4.04. The van der Waals surface area contributed by atoms with Crippen LogP contribution in [0.3, 0.4) is 0 Å². The lowest BCUT2D eigenvalue weighted by Gasteiger charge is -2.27. The van der Waals surface area contributed by atoms with Gasteiger partial charge in [-0.15, -0.1) is 0 Å². The fraction of sp³-hybridized carbons (Fsp3) is 1.00. The minimum atomic E-state index is -1.44. The second-order valence-electron chi connectivity index (χ2n) is 2.01. The number of hydrogen-bond acceptors (Lipinski definition) is 3. The van der Waals surface area contributed by atoms with Crippen molar-refractivity contribution in [1.82, 2.24) is 14.9 Å². The quantitative estimate of drug-likeness (QED) is 0.474. The molecule has 0 aromatic rings. The van der Waals surface area contributed by atoms with E-state index in [4.69, 9.17) is 0 Å². The Hall–Kier alpha value is 0.0969. The Labute approximate surface area is 58.5 Å². The molecule has 9 heavy (non-hydrogen) atoms. The van der Waals surface area contributed by atoms with Crippen molar-refractivity contribution in [2.45, 2.75) is 13.0 Å². The smallest absolute Gasteiger partial charge is 0.280 e. The summed E-state index contributed by atoms with van der Waals surface area (Å²) in [5.41, 5.74) is 0. The lowest BCUT2D eigenvalue weighted by molar-refractivity contribution is 0.891. The zero-order chi connectivity index (χ0) is 7.33. The van der Waals surface area contributed by atoms with Crippen LogP contribution in [0.4, 0.5) is 0 Å². The van der Waals surface area contributed by atoms with E-state index in [9.17, 15) is 0 Å². The molecular weight excluding hydrogens is 130 g/mol. The largest absolute Gasteiger partial charge is 0.316 e. The third kappa shape index (κ3) is 2.06. The summed E-state index contributed by atoms with van der Waals surface area (Å²) in [5, 5.41) is 0. The maximum Gasteiger partial charge on any atom is 0.280 e. The summed E-state index contributed by atoms with van der Waals surface area (Å²) in [4.78, 5) is 9.84. The third-order valence-corrected chi connectivity index (χ3v) is 5.43. The second-order valence-corrected chi connectivity index (χ2v) is 6.03. The molecule has 0 spiro atoms. The van der Waals surface area contributed by atoms with Gasteiger partial charge < -0.3 is 14.9 Å². The number of hydrogen-bond donors (Lipinski definition) is 3. The Morgan fingerprint density at radius 1 is 1.00 bits per heavy atom.